The Morgan fingerprint density at radius 3 is 2.36 bits per heavy atom. The Kier molecular flexibility index (Phi) is 6.31. The first-order chi connectivity index (χ1) is 15.8. The monoisotopic (exact) mass is 439 g/mol. The van der Waals surface area contributed by atoms with Crippen LogP contribution in [0.2, 0.25) is 0 Å². The molecule has 3 aromatic carbocycles. The van der Waals surface area contributed by atoms with Gasteiger partial charge in [0.15, 0.2) is 0 Å². The fraction of sp³-hybridized carbons (Fsp3) is 0.214. The van der Waals surface area contributed by atoms with Gasteiger partial charge in [-0.05, 0) is 44.0 Å². The second-order valence-electron chi connectivity index (χ2n) is 8.90. The van der Waals surface area contributed by atoms with Gasteiger partial charge in [-0.25, -0.2) is 4.68 Å². The lowest BCUT2D eigenvalue weighted by Crippen LogP contribution is -2.17. The van der Waals surface area contributed by atoms with Crippen molar-refractivity contribution in [3.8, 4) is 28.1 Å². The topological polar surface area (TPSA) is 66.9 Å². The number of carbonyl (C=O) groups is 1. The molecule has 1 heterocycles. The van der Waals surface area contributed by atoms with Crippen LogP contribution in [-0.4, -0.2) is 15.7 Å². The molecule has 4 aromatic rings. The molecule has 2 N–H and O–H groups in total. The molecule has 5 heteroatoms. The molecule has 0 aliphatic rings. The van der Waals surface area contributed by atoms with E-state index >= 15 is 0 Å². The summed E-state index contributed by atoms with van der Waals surface area (Å²) in [7, 11) is 0. The number of aryl methyl sites for hydroxylation is 2. The van der Waals surface area contributed by atoms with Gasteiger partial charge in [-0.2, -0.15) is 0 Å². The van der Waals surface area contributed by atoms with Crippen molar-refractivity contribution in [2.24, 2.45) is 5.92 Å². The number of benzene rings is 3. The van der Waals surface area contributed by atoms with Gasteiger partial charge >= 0.3 is 0 Å². The van der Waals surface area contributed by atoms with Crippen LogP contribution in [0.1, 0.15) is 31.4 Å². The third kappa shape index (κ3) is 4.82. The van der Waals surface area contributed by atoms with Crippen LogP contribution in [0.25, 0.3) is 28.1 Å². The highest BCUT2D eigenvalue weighted by Crippen LogP contribution is 2.34. The summed E-state index contributed by atoms with van der Waals surface area (Å²) in [6, 6.07) is 23.3. The number of rotatable bonds is 6. The van der Waals surface area contributed by atoms with E-state index in [4.69, 9.17) is 0 Å². The fourth-order valence-electron chi connectivity index (χ4n) is 3.95. The predicted molar refractivity (Wildman–Crippen MR) is 135 cm³/mol. The Hall–Kier alpha value is -3.86. The molecular formula is C28H29N3O2. The first-order valence-electron chi connectivity index (χ1n) is 11.2. The average Bonchev–Trinajstić information content (AvgIpc) is 3.11. The van der Waals surface area contributed by atoms with Crippen molar-refractivity contribution in [3.05, 3.63) is 94.3 Å². The van der Waals surface area contributed by atoms with E-state index in [0.717, 1.165) is 28.1 Å². The van der Waals surface area contributed by atoms with Crippen molar-refractivity contribution in [1.29, 1.82) is 0 Å². The lowest BCUT2D eigenvalue weighted by Gasteiger charge is -2.12. The van der Waals surface area contributed by atoms with Crippen LogP contribution in [0.4, 0.5) is 5.69 Å². The number of anilines is 1. The molecular weight excluding hydrogens is 410 g/mol. The van der Waals surface area contributed by atoms with Crippen LogP contribution in [-0.2, 0) is 4.79 Å². The van der Waals surface area contributed by atoms with Gasteiger partial charge in [0.2, 0.25) is 5.91 Å². The molecule has 0 aliphatic heterocycles. The number of hydrogen-bond donors (Lipinski definition) is 2. The number of H-pyrrole nitrogens is 1. The summed E-state index contributed by atoms with van der Waals surface area (Å²) in [5.41, 5.74) is 6.29. The van der Waals surface area contributed by atoms with Crippen molar-refractivity contribution in [3.63, 3.8) is 0 Å². The van der Waals surface area contributed by atoms with Crippen LogP contribution in [0, 0.1) is 19.8 Å². The molecule has 1 aromatic heterocycles. The molecule has 0 saturated carbocycles. The van der Waals surface area contributed by atoms with Crippen LogP contribution in [0.5, 0.6) is 0 Å². The van der Waals surface area contributed by atoms with E-state index in [1.807, 2.05) is 100 Å². The molecule has 0 unspecified atom stereocenters. The summed E-state index contributed by atoms with van der Waals surface area (Å²) in [6.07, 6.45) is 0.416. The summed E-state index contributed by atoms with van der Waals surface area (Å²) in [6.45, 7) is 8.06. The van der Waals surface area contributed by atoms with Gasteiger partial charge in [-0.1, -0.05) is 73.5 Å². The maximum Gasteiger partial charge on any atom is 0.279 e. The van der Waals surface area contributed by atoms with Crippen LogP contribution < -0.4 is 10.9 Å². The van der Waals surface area contributed by atoms with E-state index in [0.29, 0.717) is 23.2 Å². The third-order valence-electron chi connectivity index (χ3n) is 5.55. The Balaban J connectivity index is 1.92. The molecule has 0 atom stereocenters. The van der Waals surface area contributed by atoms with Crippen LogP contribution in [0.15, 0.2) is 77.6 Å². The third-order valence-corrected chi connectivity index (χ3v) is 5.55. The van der Waals surface area contributed by atoms with Crippen molar-refractivity contribution in [1.82, 2.24) is 9.78 Å². The maximum atomic E-state index is 13.8. The van der Waals surface area contributed by atoms with Crippen molar-refractivity contribution in [2.75, 3.05) is 5.32 Å². The number of para-hydroxylation sites is 1. The zero-order valence-corrected chi connectivity index (χ0v) is 19.5. The molecule has 168 valence electrons. The maximum absolute atomic E-state index is 13.8. The second kappa shape index (κ2) is 9.33. The van der Waals surface area contributed by atoms with Crippen molar-refractivity contribution < 1.29 is 4.79 Å². The lowest BCUT2D eigenvalue weighted by molar-refractivity contribution is -0.116. The smallest absolute Gasteiger partial charge is 0.279 e. The highest BCUT2D eigenvalue weighted by molar-refractivity contribution is 5.97. The average molecular weight is 440 g/mol. The van der Waals surface area contributed by atoms with E-state index in [1.54, 1.807) is 4.68 Å². The van der Waals surface area contributed by atoms with Crippen LogP contribution >= 0.6 is 0 Å². The Morgan fingerprint density at radius 1 is 0.939 bits per heavy atom. The van der Waals surface area contributed by atoms with E-state index < -0.39 is 0 Å². The normalized spacial score (nSPS) is 11.1. The summed E-state index contributed by atoms with van der Waals surface area (Å²) in [4.78, 5) is 26.3. The van der Waals surface area contributed by atoms with Gasteiger partial charge in [-0.15, -0.1) is 0 Å². The van der Waals surface area contributed by atoms with E-state index in [2.05, 4.69) is 10.4 Å². The first kappa shape index (κ1) is 22.3. The minimum absolute atomic E-state index is 0.0658. The fourth-order valence-corrected chi connectivity index (χ4v) is 3.95. The number of amides is 1. The zero-order chi connectivity index (χ0) is 23.5. The Labute approximate surface area is 194 Å². The number of aromatic amines is 1. The summed E-state index contributed by atoms with van der Waals surface area (Å²) in [5, 5.41) is 6.35. The molecule has 5 nitrogen and oxygen atoms in total. The van der Waals surface area contributed by atoms with Gasteiger partial charge in [0.1, 0.15) is 0 Å². The Bertz CT molecular complexity index is 1340. The molecule has 4 rings (SSSR count). The first-order valence-corrected chi connectivity index (χ1v) is 11.2. The number of aromatic nitrogens is 2. The van der Waals surface area contributed by atoms with Crippen LogP contribution in [0.3, 0.4) is 0 Å². The van der Waals surface area contributed by atoms with Gasteiger partial charge in [0.05, 0.1) is 16.9 Å². The summed E-state index contributed by atoms with van der Waals surface area (Å²) < 4.78 is 1.57. The quantitative estimate of drug-likeness (QED) is 0.381. The molecule has 1 amide bonds. The van der Waals surface area contributed by atoms with E-state index in [-0.39, 0.29) is 17.4 Å². The van der Waals surface area contributed by atoms with Crippen molar-refractivity contribution >= 4 is 11.6 Å². The molecule has 0 fully saturated rings. The zero-order valence-electron chi connectivity index (χ0n) is 19.5. The molecule has 0 radical (unpaired) electrons. The number of hydrogen-bond acceptors (Lipinski definition) is 2. The molecule has 0 spiro atoms. The lowest BCUT2D eigenvalue weighted by atomic mass is 9.99. The minimum atomic E-state index is -0.166. The van der Waals surface area contributed by atoms with E-state index in [1.165, 1.54) is 0 Å². The van der Waals surface area contributed by atoms with Crippen molar-refractivity contribution in [2.45, 2.75) is 34.1 Å². The highest BCUT2D eigenvalue weighted by atomic mass is 16.1. The largest absolute Gasteiger partial charge is 0.326 e. The Morgan fingerprint density at radius 2 is 1.67 bits per heavy atom. The molecule has 0 saturated heterocycles. The molecule has 0 aliphatic carbocycles. The predicted octanol–water partition coefficient (Wildman–Crippen LogP) is 6.10. The van der Waals surface area contributed by atoms with E-state index in [9.17, 15) is 9.59 Å². The van der Waals surface area contributed by atoms with Gasteiger partial charge < -0.3 is 5.32 Å². The highest BCUT2D eigenvalue weighted by Gasteiger charge is 2.21. The summed E-state index contributed by atoms with van der Waals surface area (Å²) >= 11 is 0. The van der Waals surface area contributed by atoms with Gasteiger partial charge in [0.25, 0.3) is 5.56 Å². The molecule has 33 heavy (non-hydrogen) atoms. The summed E-state index contributed by atoms with van der Waals surface area (Å²) in [5.74, 6) is 0.176. The van der Waals surface area contributed by atoms with Gasteiger partial charge in [-0.3, -0.25) is 14.7 Å². The van der Waals surface area contributed by atoms with Gasteiger partial charge in [0, 0.05) is 23.2 Å². The molecule has 0 bridgehead atoms. The SMILES string of the molecule is Cc1ccc(-n2[nH]c(-c3cccc(C)c3)c(-c3ccccc3NC(=O)CC(C)C)c2=O)cc1. The standard InChI is InChI=1S/C28H29N3O2/c1-18(2)16-25(32)29-24-11-6-5-10-23(24)26-27(21-9-7-8-20(4)17-21)30-31(28(26)33)22-14-12-19(3)13-15-22/h5-15,17-18,30H,16H2,1-4H3,(H,29,32). The number of carbonyl (C=O) groups excluding carboxylic acids is 1. The minimum Gasteiger partial charge on any atom is -0.326 e. The number of nitrogens with zero attached hydrogens (tertiary/aromatic N) is 1. The second-order valence-corrected chi connectivity index (χ2v) is 8.90. The number of nitrogens with one attached hydrogen (secondary N) is 2.